The largest absolute Gasteiger partial charge is 0.419 e. The van der Waals surface area contributed by atoms with E-state index in [4.69, 9.17) is 8.94 Å². The van der Waals surface area contributed by atoms with Crippen molar-refractivity contribution in [2.24, 2.45) is 17.3 Å². The number of aromatic nitrogens is 3. The van der Waals surface area contributed by atoms with Gasteiger partial charge in [-0.1, -0.05) is 16.8 Å². The molecule has 2 atom stereocenters. The van der Waals surface area contributed by atoms with Crippen LogP contribution in [0.2, 0.25) is 0 Å². The molecule has 136 valence electrons. The highest BCUT2D eigenvalue weighted by Crippen LogP contribution is 2.70. The maximum Gasteiger partial charge on any atom is 0.269 e. The number of rotatable bonds is 6. The maximum absolute atomic E-state index is 12.2. The Morgan fingerprint density at radius 1 is 1.35 bits per heavy atom. The molecule has 2 aromatic rings. The van der Waals surface area contributed by atoms with Gasteiger partial charge in [0.25, 0.3) is 5.89 Å². The Morgan fingerprint density at radius 3 is 2.96 bits per heavy atom. The minimum atomic E-state index is 0.0237. The first-order valence-electron chi connectivity index (χ1n) is 9.37. The minimum absolute atomic E-state index is 0.0237. The van der Waals surface area contributed by atoms with Gasteiger partial charge < -0.3 is 14.3 Å². The molecule has 26 heavy (non-hydrogen) atoms. The van der Waals surface area contributed by atoms with E-state index in [9.17, 15) is 4.79 Å². The second-order valence-corrected chi connectivity index (χ2v) is 7.81. The van der Waals surface area contributed by atoms with Gasteiger partial charge in [-0.3, -0.25) is 4.79 Å². The van der Waals surface area contributed by atoms with Crippen molar-refractivity contribution in [2.75, 3.05) is 6.54 Å². The van der Waals surface area contributed by atoms with Gasteiger partial charge in [0.15, 0.2) is 5.69 Å². The minimum Gasteiger partial charge on any atom is -0.419 e. The number of nitrogens with zero attached hydrogens (tertiary/aromatic N) is 3. The van der Waals surface area contributed by atoms with Gasteiger partial charge in [-0.25, -0.2) is 0 Å². The summed E-state index contributed by atoms with van der Waals surface area (Å²) in [5.74, 6) is 2.96. The normalized spacial score (nSPS) is 24.9. The first-order valence-corrected chi connectivity index (χ1v) is 9.37. The highest BCUT2D eigenvalue weighted by Gasteiger charge is 2.61. The summed E-state index contributed by atoms with van der Waals surface area (Å²) in [6.45, 7) is 2.49. The van der Waals surface area contributed by atoms with E-state index in [2.05, 4.69) is 26.7 Å². The Morgan fingerprint density at radius 2 is 2.23 bits per heavy atom. The lowest BCUT2D eigenvalue weighted by Gasteiger charge is -2.17. The fourth-order valence-corrected chi connectivity index (χ4v) is 4.84. The first-order chi connectivity index (χ1) is 12.6. The zero-order valence-corrected chi connectivity index (χ0v) is 14.8. The fourth-order valence-electron chi connectivity index (χ4n) is 4.84. The van der Waals surface area contributed by atoms with Gasteiger partial charge in [0, 0.05) is 25.5 Å². The van der Waals surface area contributed by atoms with Crippen LogP contribution in [0.1, 0.15) is 43.8 Å². The highest BCUT2D eigenvalue weighted by molar-refractivity contribution is 5.76. The lowest BCUT2D eigenvalue weighted by atomic mass is 9.90. The summed E-state index contributed by atoms with van der Waals surface area (Å²) in [7, 11) is 0. The average Bonchev–Trinajstić information content (AvgIpc) is 2.93. The summed E-state index contributed by atoms with van der Waals surface area (Å²) in [5.41, 5.74) is 2.57. The van der Waals surface area contributed by atoms with Gasteiger partial charge in [0.05, 0.1) is 0 Å². The molecule has 3 aliphatic carbocycles. The van der Waals surface area contributed by atoms with E-state index in [1.165, 1.54) is 31.3 Å². The van der Waals surface area contributed by atoms with Crippen LogP contribution in [0.5, 0.6) is 0 Å². The summed E-state index contributed by atoms with van der Waals surface area (Å²) < 4.78 is 10.6. The van der Waals surface area contributed by atoms with Gasteiger partial charge in [-0.2, -0.15) is 0 Å². The molecule has 1 N–H and O–H groups in total. The van der Waals surface area contributed by atoms with Crippen LogP contribution in [-0.2, 0) is 11.2 Å². The molecule has 0 saturated heterocycles. The Balaban J connectivity index is 1.12. The van der Waals surface area contributed by atoms with E-state index in [1.807, 2.05) is 0 Å². The smallest absolute Gasteiger partial charge is 0.269 e. The van der Waals surface area contributed by atoms with Crippen molar-refractivity contribution in [1.82, 2.24) is 20.7 Å². The van der Waals surface area contributed by atoms with Crippen LogP contribution in [0, 0.1) is 24.2 Å². The first kappa shape index (κ1) is 15.8. The number of hydrogen-bond acceptors (Lipinski definition) is 6. The third kappa shape index (κ3) is 2.57. The van der Waals surface area contributed by atoms with Crippen molar-refractivity contribution in [1.29, 1.82) is 0 Å². The molecule has 0 aliphatic heterocycles. The molecule has 2 aromatic heterocycles. The molecule has 3 aliphatic rings. The molecule has 5 rings (SSSR count). The monoisotopic (exact) mass is 354 g/mol. The molecule has 1 spiro atoms. The standard InChI is InChI=1S/C19H22N4O3/c1-11-8-15(23-26-11)18-22-21-17(25-18)5-4-16(24)20-10-12-9-13-2-3-14(12)19(13)6-7-19/h8-9,13-14H,2-7,10H2,1H3,(H,20,24). The Bertz CT molecular complexity index is 877. The van der Waals surface area contributed by atoms with Gasteiger partial charge in [-0.15, -0.1) is 10.2 Å². The fraction of sp³-hybridized carbons (Fsp3) is 0.579. The number of amides is 1. The average molecular weight is 354 g/mol. The summed E-state index contributed by atoms with van der Waals surface area (Å²) in [6, 6.07) is 1.74. The summed E-state index contributed by atoms with van der Waals surface area (Å²) in [5, 5.41) is 14.8. The van der Waals surface area contributed by atoms with E-state index in [0.717, 1.165) is 11.8 Å². The zero-order valence-electron chi connectivity index (χ0n) is 14.8. The van der Waals surface area contributed by atoms with E-state index < -0.39 is 0 Å². The SMILES string of the molecule is Cc1cc(-c2nnc(CCC(=O)NCC3=CC4CCC3C43CC3)o2)no1. The van der Waals surface area contributed by atoms with Crippen molar-refractivity contribution in [3.05, 3.63) is 29.4 Å². The van der Waals surface area contributed by atoms with Gasteiger partial charge in [-0.05, 0) is 49.9 Å². The number of allylic oxidation sites excluding steroid dienone is 1. The van der Waals surface area contributed by atoms with Crippen LogP contribution in [0.25, 0.3) is 11.6 Å². The van der Waals surface area contributed by atoms with Gasteiger partial charge in [0.1, 0.15) is 5.76 Å². The quantitative estimate of drug-likeness (QED) is 0.802. The van der Waals surface area contributed by atoms with Crippen LogP contribution < -0.4 is 5.32 Å². The van der Waals surface area contributed by atoms with Gasteiger partial charge in [0.2, 0.25) is 11.8 Å². The summed E-state index contributed by atoms with van der Waals surface area (Å²) >= 11 is 0. The van der Waals surface area contributed by atoms with Crippen LogP contribution in [-0.4, -0.2) is 27.8 Å². The van der Waals surface area contributed by atoms with Crippen molar-refractivity contribution < 1.29 is 13.7 Å². The Kier molecular flexibility index (Phi) is 3.52. The van der Waals surface area contributed by atoms with Crippen molar-refractivity contribution in [3.63, 3.8) is 0 Å². The molecule has 0 radical (unpaired) electrons. The number of nitrogens with one attached hydrogen (secondary N) is 1. The molecule has 2 saturated carbocycles. The lowest BCUT2D eigenvalue weighted by molar-refractivity contribution is -0.121. The number of hydrogen-bond donors (Lipinski definition) is 1. The molecule has 7 heteroatoms. The maximum atomic E-state index is 12.2. The van der Waals surface area contributed by atoms with E-state index in [-0.39, 0.29) is 5.91 Å². The molecule has 1 amide bonds. The van der Waals surface area contributed by atoms with E-state index in [0.29, 0.717) is 48.0 Å². The topological polar surface area (TPSA) is 94.1 Å². The molecular formula is C19H22N4O3. The molecule has 2 heterocycles. The lowest BCUT2D eigenvalue weighted by Crippen LogP contribution is -2.28. The molecule has 7 nitrogen and oxygen atoms in total. The Hall–Kier alpha value is -2.44. The van der Waals surface area contributed by atoms with Gasteiger partial charge >= 0.3 is 0 Å². The van der Waals surface area contributed by atoms with Crippen LogP contribution in [0.4, 0.5) is 0 Å². The summed E-state index contributed by atoms with van der Waals surface area (Å²) in [4.78, 5) is 12.2. The van der Waals surface area contributed by atoms with Crippen LogP contribution >= 0.6 is 0 Å². The van der Waals surface area contributed by atoms with E-state index >= 15 is 0 Å². The third-order valence-corrected chi connectivity index (χ3v) is 6.26. The molecule has 0 aromatic carbocycles. The second kappa shape index (κ2) is 5.79. The molecule has 2 unspecified atom stereocenters. The number of carbonyl (C=O) groups excluding carboxylic acids is 1. The second-order valence-electron chi connectivity index (χ2n) is 7.81. The number of carbonyl (C=O) groups is 1. The molecular weight excluding hydrogens is 332 g/mol. The van der Waals surface area contributed by atoms with Crippen LogP contribution in [0.3, 0.4) is 0 Å². The Labute approximate surface area is 151 Å². The zero-order chi connectivity index (χ0) is 17.7. The van der Waals surface area contributed by atoms with Crippen molar-refractivity contribution in [3.8, 4) is 11.6 Å². The molecule has 2 bridgehead atoms. The third-order valence-electron chi connectivity index (χ3n) is 6.26. The van der Waals surface area contributed by atoms with Crippen LogP contribution in [0.15, 0.2) is 26.7 Å². The molecule has 2 fully saturated rings. The van der Waals surface area contributed by atoms with Crippen molar-refractivity contribution >= 4 is 5.91 Å². The predicted molar refractivity (Wildman–Crippen MR) is 91.8 cm³/mol. The highest BCUT2D eigenvalue weighted by atomic mass is 16.5. The summed E-state index contributed by atoms with van der Waals surface area (Å²) in [6.07, 6.45) is 8.59. The van der Waals surface area contributed by atoms with E-state index in [1.54, 1.807) is 13.0 Å². The van der Waals surface area contributed by atoms with Crippen molar-refractivity contribution in [2.45, 2.75) is 45.4 Å². The number of aryl methyl sites for hydroxylation is 2. The predicted octanol–water partition coefficient (Wildman–Crippen LogP) is 2.83.